The maximum Gasteiger partial charge on any atom is 0.231 e. The Balaban J connectivity index is 1.48. The molecule has 1 heterocycles. The van der Waals surface area contributed by atoms with Crippen LogP contribution in [0.4, 0.5) is 0 Å². The number of rotatable bonds is 7. The lowest BCUT2D eigenvalue weighted by Crippen LogP contribution is -1.99. The van der Waals surface area contributed by atoms with Gasteiger partial charge in [-0.25, -0.2) is 0 Å². The average molecular weight is 414 g/mol. The van der Waals surface area contributed by atoms with Gasteiger partial charge in [0, 0.05) is 11.6 Å². The predicted octanol–water partition coefficient (Wildman–Crippen LogP) is 5.41. The van der Waals surface area contributed by atoms with Crippen molar-refractivity contribution in [3.05, 3.63) is 95.3 Å². The van der Waals surface area contributed by atoms with E-state index < -0.39 is 0 Å². The molecule has 0 unspecified atom stereocenters. The molecular weight excluding hydrogens is 392 g/mol. The normalized spacial score (nSPS) is 13.9. The third-order valence-electron chi connectivity index (χ3n) is 4.82. The third-order valence-corrected chi connectivity index (χ3v) is 4.82. The molecule has 31 heavy (non-hydrogen) atoms. The molecule has 3 aromatic rings. The number of methoxy groups -OCH3 is 2. The molecule has 5 nitrogen and oxygen atoms in total. The van der Waals surface area contributed by atoms with E-state index in [4.69, 9.17) is 18.9 Å². The summed E-state index contributed by atoms with van der Waals surface area (Å²) < 4.78 is 22.4. The van der Waals surface area contributed by atoms with Crippen LogP contribution in [-0.2, 0) is 0 Å². The first-order chi connectivity index (χ1) is 15.2. The fourth-order valence-electron chi connectivity index (χ4n) is 3.32. The SMILES string of the molecule is COc1cccc(C=C2Oc3cc(OCC=Cc4ccccc4)ccc3C2=O)c1OC. The zero-order valence-corrected chi connectivity index (χ0v) is 17.3. The van der Waals surface area contributed by atoms with Crippen molar-refractivity contribution in [1.82, 2.24) is 0 Å². The Bertz CT molecular complexity index is 1150. The molecule has 0 bridgehead atoms. The largest absolute Gasteiger partial charge is 0.493 e. The molecule has 5 heteroatoms. The van der Waals surface area contributed by atoms with Crippen molar-refractivity contribution in [2.45, 2.75) is 0 Å². The van der Waals surface area contributed by atoms with Gasteiger partial charge >= 0.3 is 0 Å². The summed E-state index contributed by atoms with van der Waals surface area (Å²) in [6.07, 6.45) is 5.59. The van der Waals surface area contributed by atoms with Crippen LogP contribution >= 0.6 is 0 Å². The summed E-state index contributed by atoms with van der Waals surface area (Å²) in [5, 5.41) is 0. The number of hydrogen-bond acceptors (Lipinski definition) is 5. The number of Topliss-reactive ketones (excluding diaryl/α,β-unsaturated/α-hetero) is 1. The van der Waals surface area contributed by atoms with Crippen molar-refractivity contribution in [1.29, 1.82) is 0 Å². The van der Waals surface area contributed by atoms with Gasteiger partial charge in [0.15, 0.2) is 17.3 Å². The minimum atomic E-state index is -0.185. The number of para-hydroxylation sites is 1. The van der Waals surface area contributed by atoms with Gasteiger partial charge in [-0.3, -0.25) is 4.79 Å². The van der Waals surface area contributed by atoms with E-state index in [-0.39, 0.29) is 11.5 Å². The number of carbonyl (C=O) groups excluding carboxylic acids is 1. The molecule has 0 saturated heterocycles. The Morgan fingerprint density at radius 3 is 2.55 bits per heavy atom. The molecule has 1 aliphatic heterocycles. The van der Waals surface area contributed by atoms with Gasteiger partial charge in [0.25, 0.3) is 0 Å². The van der Waals surface area contributed by atoms with Gasteiger partial charge in [-0.1, -0.05) is 48.5 Å². The molecule has 3 aromatic carbocycles. The standard InChI is InChI=1S/C26H22O5/c1-28-22-12-6-11-19(26(22)29-2)16-24-25(27)21-14-13-20(17-23(21)31-24)30-15-7-10-18-8-4-3-5-9-18/h3-14,16-17H,15H2,1-2H3. The Morgan fingerprint density at radius 1 is 0.935 bits per heavy atom. The maximum atomic E-state index is 12.8. The molecule has 0 spiro atoms. The number of hydrogen-bond donors (Lipinski definition) is 0. The second-order valence-electron chi connectivity index (χ2n) is 6.80. The van der Waals surface area contributed by atoms with Gasteiger partial charge in [-0.2, -0.15) is 0 Å². The number of fused-ring (bicyclic) bond motifs is 1. The van der Waals surface area contributed by atoms with Crippen LogP contribution in [0.1, 0.15) is 21.5 Å². The van der Waals surface area contributed by atoms with Crippen LogP contribution in [0.25, 0.3) is 12.2 Å². The summed E-state index contributed by atoms with van der Waals surface area (Å²) >= 11 is 0. The van der Waals surface area contributed by atoms with Crippen LogP contribution in [0.2, 0.25) is 0 Å². The van der Waals surface area contributed by atoms with E-state index in [2.05, 4.69) is 0 Å². The molecule has 1 aliphatic rings. The average Bonchev–Trinajstić information content (AvgIpc) is 3.11. The summed E-state index contributed by atoms with van der Waals surface area (Å²) in [6, 6.07) is 20.7. The molecule has 0 atom stereocenters. The van der Waals surface area contributed by atoms with Gasteiger partial charge in [0.2, 0.25) is 5.78 Å². The van der Waals surface area contributed by atoms with Gasteiger partial charge in [0.05, 0.1) is 19.8 Å². The van der Waals surface area contributed by atoms with Crippen LogP contribution in [0.3, 0.4) is 0 Å². The highest BCUT2D eigenvalue weighted by Gasteiger charge is 2.28. The maximum absolute atomic E-state index is 12.8. The molecular formula is C26H22O5. The van der Waals surface area contributed by atoms with E-state index in [0.717, 1.165) is 5.56 Å². The third kappa shape index (κ3) is 4.46. The van der Waals surface area contributed by atoms with Gasteiger partial charge in [0.1, 0.15) is 18.1 Å². The molecule has 0 saturated carbocycles. The smallest absolute Gasteiger partial charge is 0.231 e. The zero-order chi connectivity index (χ0) is 21.6. The Morgan fingerprint density at radius 2 is 1.77 bits per heavy atom. The highest BCUT2D eigenvalue weighted by atomic mass is 16.5. The minimum Gasteiger partial charge on any atom is -0.493 e. The van der Waals surface area contributed by atoms with Gasteiger partial charge in [-0.05, 0) is 35.9 Å². The van der Waals surface area contributed by atoms with Crippen molar-refractivity contribution in [2.75, 3.05) is 20.8 Å². The molecule has 0 N–H and O–H groups in total. The van der Waals surface area contributed by atoms with E-state index in [0.29, 0.717) is 40.7 Å². The quantitative estimate of drug-likeness (QED) is 0.484. The molecule has 0 amide bonds. The summed E-state index contributed by atoms with van der Waals surface area (Å²) in [5.41, 5.74) is 2.30. The summed E-state index contributed by atoms with van der Waals surface area (Å²) in [6.45, 7) is 0.408. The van der Waals surface area contributed by atoms with Crippen molar-refractivity contribution < 1.29 is 23.7 Å². The zero-order valence-electron chi connectivity index (χ0n) is 17.3. The van der Waals surface area contributed by atoms with Crippen LogP contribution in [0.5, 0.6) is 23.0 Å². The van der Waals surface area contributed by atoms with Gasteiger partial charge in [-0.15, -0.1) is 0 Å². The van der Waals surface area contributed by atoms with Crippen LogP contribution in [0, 0.1) is 0 Å². The lowest BCUT2D eigenvalue weighted by atomic mass is 10.1. The fourth-order valence-corrected chi connectivity index (χ4v) is 3.32. The van der Waals surface area contributed by atoms with E-state index in [9.17, 15) is 4.79 Å². The number of carbonyl (C=O) groups is 1. The number of benzene rings is 3. The Hall–Kier alpha value is -3.99. The number of ketones is 1. The van der Waals surface area contributed by atoms with E-state index in [1.165, 1.54) is 0 Å². The minimum absolute atomic E-state index is 0.185. The lowest BCUT2D eigenvalue weighted by Gasteiger charge is -2.10. The van der Waals surface area contributed by atoms with Crippen molar-refractivity contribution in [2.24, 2.45) is 0 Å². The van der Waals surface area contributed by atoms with Crippen LogP contribution in [-0.4, -0.2) is 26.6 Å². The lowest BCUT2D eigenvalue weighted by molar-refractivity contribution is 0.101. The molecule has 0 fully saturated rings. The monoisotopic (exact) mass is 414 g/mol. The second kappa shape index (κ2) is 9.22. The highest BCUT2D eigenvalue weighted by molar-refractivity contribution is 6.14. The van der Waals surface area contributed by atoms with E-state index in [1.54, 1.807) is 44.6 Å². The molecule has 0 radical (unpaired) electrons. The molecule has 0 aromatic heterocycles. The number of ether oxygens (including phenoxy) is 4. The van der Waals surface area contributed by atoms with Crippen molar-refractivity contribution in [3.8, 4) is 23.0 Å². The topological polar surface area (TPSA) is 54.0 Å². The fraction of sp³-hybridized carbons (Fsp3) is 0.115. The van der Waals surface area contributed by atoms with E-state index >= 15 is 0 Å². The summed E-state index contributed by atoms with van der Waals surface area (Å²) in [7, 11) is 3.13. The molecule has 0 aliphatic carbocycles. The highest BCUT2D eigenvalue weighted by Crippen LogP contribution is 2.37. The van der Waals surface area contributed by atoms with Crippen LogP contribution in [0.15, 0.2) is 78.6 Å². The van der Waals surface area contributed by atoms with Crippen LogP contribution < -0.4 is 18.9 Å². The van der Waals surface area contributed by atoms with Crippen molar-refractivity contribution in [3.63, 3.8) is 0 Å². The first-order valence-corrected chi connectivity index (χ1v) is 9.83. The molecule has 4 rings (SSSR count). The van der Waals surface area contributed by atoms with Gasteiger partial charge < -0.3 is 18.9 Å². The Labute approximate surface area is 181 Å². The first-order valence-electron chi connectivity index (χ1n) is 9.83. The Kier molecular flexibility index (Phi) is 6.03. The second-order valence-corrected chi connectivity index (χ2v) is 6.80. The van der Waals surface area contributed by atoms with E-state index in [1.807, 2.05) is 54.6 Å². The summed E-state index contributed by atoms with van der Waals surface area (Å²) in [4.78, 5) is 12.8. The summed E-state index contributed by atoms with van der Waals surface area (Å²) in [5.74, 6) is 2.27. The number of allylic oxidation sites excluding steroid dienone is 1. The van der Waals surface area contributed by atoms with Crippen molar-refractivity contribution >= 4 is 17.9 Å². The first kappa shape index (κ1) is 20.3. The molecule has 156 valence electrons. The predicted molar refractivity (Wildman–Crippen MR) is 120 cm³/mol.